The van der Waals surface area contributed by atoms with Gasteiger partial charge in [-0.05, 0) is 41.9 Å². The van der Waals surface area contributed by atoms with Crippen molar-refractivity contribution in [2.45, 2.75) is 51.0 Å². The van der Waals surface area contributed by atoms with Crippen LogP contribution >= 0.6 is 0 Å². The lowest BCUT2D eigenvalue weighted by Crippen LogP contribution is -2.44. The number of carbonyl (C=O) groups is 1. The van der Waals surface area contributed by atoms with Gasteiger partial charge in [0.1, 0.15) is 0 Å². The molecule has 2 aliphatic heterocycles. The predicted molar refractivity (Wildman–Crippen MR) is 83.7 cm³/mol. The van der Waals surface area contributed by atoms with Crippen molar-refractivity contribution >= 4 is 5.91 Å². The predicted octanol–water partition coefficient (Wildman–Crippen LogP) is 3.01. The molecule has 0 aromatic heterocycles. The zero-order valence-corrected chi connectivity index (χ0v) is 12.8. The molecule has 1 aliphatic carbocycles. The molecule has 1 amide bonds. The molecule has 0 bridgehead atoms. The Morgan fingerprint density at radius 1 is 1.24 bits per heavy atom. The summed E-state index contributed by atoms with van der Waals surface area (Å²) in [5.41, 5.74) is 5.12. The summed E-state index contributed by atoms with van der Waals surface area (Å²) in [7, 11) is 0. The number of rotatable bonds is 2. The van der Waals surface area contributed by atoms with E-state index in [0.717, 1.165) is 31.6 Å². The SMILES string of the molecule is CCc1cc(C2CCCC2)c2c(c1)[C@H]1CNCCN1C2=O. The Kier molecular flexibility index (Phi) is 3.26. The lowest BCUT2D eigenvalue weighted by molar-refractivity contribution is 0.0690. The lowest BCUT2D eigenvalue weighted by Gasteiger charge is -2.30. The Bertz CT molecular complexity index is 575. The molecular formula is C18H24N2O. The first-order chi connectivity index (χ1) is 10.3. The minimum atomic E-state index is 0.271. The van der Waals surface area contributed by atoms with Crippen LogP contribution in [-0.4, -0.2) is 30.4 Å². The largest absolute Gasteiger partial charge is 0.329 e. The van der Waals surface area contributed by atoms with E-state index in [2.05, 4.69) is 29.3 Å². The first-order valence-electron chi connectivity index (χ1n) is 8.48. The van der Waals surface area contributed by atoms with Crippen LogP contribution in [0, 0.1) is 0 Å². The van der Waals surface area contributed by atoms with Crippen LogP contribution in [0.3, 0.4) is 0 Å². The number of hydrogen-bond donors (Lipinski definition) is 1. The molecule has 112 valence electrons. The maximum absolute atomic E-state index is 12.9. The first kappa shape index (κ1) is 13.3. The van der Waals surface area contributed by atoms with Crippen LogP contribution in [0.4, 0.5) is 0 Å². The third kappa shape index (κ3) is 2.02. The zero-order valence-electron chi connectivity index (χ0n) is 12.8. The van der Waals surface area contributed by atoms with E-state index in [9.17, 15) is 4.79 Å². The number of benzene rings is 1. The van der Waals surface area contributed by atoms with Gasteiger partial charge < -0.3 is 10.2 Å². The van der Waals surface area contributed by atoms with E-state index in [4.69, 9.17) is 0 Å². The minimum Gasteiger partial charge on any atom is -0.329 e. The third-order valence-electron chi connectivity index (χ3n) is 5.54. The molecule has 3 heteroatoms. The Hall–Kier alpha value is -1.35. The van der Waals surface area contributed by atoms with Crippen molar-refractivity contribution in [2.75, 3.05) is 19.6 Å². The number of carbonyl (C=O) groups excluding carboxylic acids is 1. The van der Waals surface area contributed by atoms with E-state index in [1.165, 1.54) is 42.4 Å². The Morgan fingerprint density at radius 2 is 2.00 bits per heavy atom. The molecule has 0 unspecified atom stereocenters. The van der Waals surface area contributed by atoms with E-state index in [1.807, 2.05) is 0 Å². The van der Waals surface area contributed by atoms with Gasteiger partial charge in [-0.1, -0.05) is 31.9 Å². The third-order valence-corrected chi connectivity index (χ3v) is 5.54. The van der Waals surface area contributed by atoms with E-state index in [-0.39, 0.29) is 6.04 Å². The number of hydrogen-bond acceptors (Lipinski definition) is 2. The number of aryl methyl sites for hydroxylation is 1. The van der Waals surface area contributed by atoms with Gasteiger partial charge in [0, 0.05) is 25.2 Å². The Morgan fingerprint density at radius 3 is 2.76 bits per heavy atom. The monoisotopic (exact) mass is 284 g/mol. The average molecular weight is 284 g/mol. The molecule has 3 aliphatic rings. The van der Waals surface area contributed by atoms with Gasteiger partial charge >= 0.3 is 0 Å². The van der Waals surface area contributed by atoms with Gasteiger partial charge in [-0.25, -0.2) is 0 Å². The van der Waals surface area contributed by atoms with E-state index < -0.39 is 0 Å². The summed E-state index contributed by atoms with van der Waals surface area (Å²) in [4.78, 5) is 15.0. The highest BCUT2D eigenvalue weighted by molar-refractivity contribution is 6.01. The molecule has 2 heterocycles. The maximum Gasteiger partial charge on any atom is 0.255 e. The summed E-state index contributed by atoms with van der Waals surface area (Å²) in [6.45, 7) is 4.91. The molecule has 1 atom stereocenters. The molecule has 4 rings (SSSR count). The van der Waals surface area contributed by atoms with Crippen molar-refractivity contribution in [3.8, 4) is 0 Å². The van der Waals surface area contributed by atoms with Gasteiger partial charge in [0.2, 0.25) is 0 Å². The van der Waals surface area contributed by atoms with Crippen LogP contribution in [0.1, 0.15) is 71.6 Å². The quantitative estimate of drug-likeness (QED) is 0.905. The summed E-state index contributed by atoms with van der Waals surface area (Å²) in [6.07, 6.45) is 6.21. The van der Waals surface area contributed by atoms with Crippen LogP contribution in [0.5, 0.6) is 0 Å². The smallest absolute Gasteiger partial charge is 0.255 e. The molecule has 3 nitrogen and oxygen atoms in total. The average Bonchev–Trinajstić information content (AvgIpc) is 3.15. The Balaban J connectivity index is 1.85. The van der Waals surface area contributed by atoms with Crippen molar-refractivity contribution in [1.29, 1.82) is 0 Å². The van der Waals surface area contributed by atoms with E-state index in [0.29, 0.717) is 11.8 Å². The van der Waals surface area contributed by atoms with Crippen molar-refractivity contribution in [1.82, 2.24) is 10.2 Å². The van der Waals surface area contributed by atoms with Crippen molar-refractivity contribution in [3.05, 3.63) is 34.4 Å². The second-order valence-electron chi connectivity index (χ2n) is 6.70. The normalized spacial score (nSPS) is 25.3. The topological polar surface area (TPSA) is 32.3 Å². The van der Waals surface area contributed by atoms with Crippen LogP contribution < -0.4 is 5.32 Å². The number of nitrogens with zero attached hydrogens (tertiary/aromatic N) is 1. The van der Waals surface area contributed by atoms with Crippen molar-refractivity contribution in [3.63, 3.8) is 0 Å². The molecule has 0 spiro atoms. The molecule has 1 aromatic carbocycles. The van der Waals surface area contributed by atoms with Crippen LogP contribution in [-0.2, 0) is 6.42 Å². The highest BCUT2D eigenvalue weighted by Crippen LogP contribution is 2.43. The first-order valence-corrected chi connectivity index (χ1v) is 8.48. The fourth-order valence-electron chi connectivity index (χ4n) is 4.39. The van der Waals surface area contributed by atoms with Crippen LogP contribution in [0.15, 0.2) is 12.1 Å². The van der Waals surface area contributed by atoms with Gasteiger partial charge in [-0.2, -0.15) is 0 Å². The fraction of sp³-hybridized carbons (Fsp3) is 0.611. The number of fused-ring (bicyclic) bond motifs is 3. The molecule has 1 aromatic rings. The standard InChI is InChI=1S/C18H24N2O/c1-2-12-9-14(13-5-3-4-6-13)17-15(10-12)16-11-19-7-8-20(16)18(17)21/h9-10,13,16,19H,2-8,11H2,1H3/t16-/m1/s1. The van der Waals surface area contributed by atoms with Gasteiger partial charge in [0.15, 0.2) is 0 Å². The number of nitrogens with one attached hydrogen (secondary N) is 1. The Labute approximate surface area is 126 Å². The van der Waals surface area contributed by atoms with Gasteiger partial charge in [0.25, 0.3) is 5.91 Å². The lowest BCUT2D eigenvalue weighted by atomic mass is 9.87. The van der Waals surface area contributed by atoms with Crippen molar-refractivity contribution < 1.29 is 4.79 Å². The van der Waals surface area contributed by atoms with Crippen LogP contribution in [0.25, 0.3) is 0 Å². The highest BCUT2D eigenvalue weighted by atomic mass is 16.2. The van der Waals surface area contributed by atoms with Gasteiger partial charge in [-0.15, -0.1) is 0 Å². The number of piperazine rings is 1. The fourth-order valence-corrected chi connectivity index (χ4v) is 4.39. The summed E-state index contributed by atoms with van der Waals surface area (Å²) in [5.74, 6) is 0.907. The van der Waals surface area contributed by atoms with E-state index >= 15 is 0 Å². The van der Waals surface area contributed by atoms with Crippen molar-refractivity contribution in [2.24, 2.45) is 0 Å². The zero-order chi connectivity index (χ0) is 14.4. The van der Waals surface area contributed by atoms with Crippen LogP contribution in [0.2, 0.25) is 0 Å². The highest BCUT2D eigenvalue weighted by Gasteiger charge is 2.41. The summed E-state index contributed by atoms with van der Waals surface area (Å²) >= 11 is 0. The number of amides is 1. The van der Waals surface area contributed by atoms with E-state index in [1.54, 1.807) is 0 Å². The van der Waals surface area contributed by atoms with Gasteiger partial charge in [0.05, 0.1) is 6.04 Å². The molecule has 2 fully saturated rings. The summed E-state index contributed by atoms with van der Waals surface area (Å²) in [6, 6.07) is 4.90. The summed E-state index contributed by atoms with van der Waals surface area (Å²) < 4.78 is 0. The molecule has 1 saturated heterocycles. The molecule has 21 heavy (non-hydrogen) atoms. The maximum atomic E-state index is 12.9. The second-order valence-corrected chi connectivity index (χ2v) is 6.70. The van der Waals surface area contributed by atoms with Gasteiger partial charge in [-0.3, -0.25) is 4.79 Å². The second kappa shape index (κ2) is 5.13. The molecule has 1 saturated carbocycles. The molecule has 0 radical (unpaired) electrons. The molecular weight excluding hydrogens is 260 g/mol. The summed E-state index contributed by atoms with van der Waals surface area (Å²) in [5, 5.41) is 3.45. The molecule has 1 N–H and O–H groups in total. The minimum absolute atomic E-state index is 0.271.